The SMILES string of the molecule is C[C@@H](Oc1ccc(Br)cc1)C(=O)Nc1ccccc1C(N)=O. The Balaban J connectivity index is 2.05. The molecular formula is C16H15BrN2O3. The van der Waals surface area contributed by atoms with Gasteiger partial charge in [-0.1, -0.05) is 28.1 Å². The smallest absolute Gasteiger partial charge is 0.265 e. The highest BCUT2D eigenvalue weighted by Crippen LogP contribution is 2.19. The fraction of sp³-hybridized carbons (Fsp3) is 0.125. The Morgan fingerprint density at radius 2 is 1.77 bits per heavy atom. The van der Waals surface area contributed by atoms with Crippen LogP contribution in [0.4, 0.5) is 5.69 Å². The van der Waals surface area contributed by atoms with Crippen LogP contribution in [0, 0.1) is 0 Å². The highest BCUT2D eigenvalue weighted by Gasteiger charge is 2.17. The first kappa shape index (κ1) is 16.0. The number of rotatable bonds is 5. The molecule has 0 bridgehead atoms. The van der Waals surface area contributed by atoms with Crippen molar-refractivity contribution in [1.82, 2.24) is 0 Å². The maximum Gasteiger partial charge on any atom is 0.265 e. The third kappa shape index (κ3) is 4.08. The largest absolute Gasteiger partial charge is 0.481 e. The molecule has 5 nitrogen and oxygen atoms in total. The van der Waals surface area contributed by atoms with Gasteiger partial charge in [0, 0.05) is 4.47 Å². The van der Waals surface area contributed by atoms with Crippen molar-refractivity contribution in [2.24, 2.45) is 5.73 Å². The predicted octanol–water partition coefficient (Wildman–Crippen LogP) is 2.95. The van der Waals surface area contributed by atoms with Crippen LogP contribution in [-0.4, -0.2) is 17.9 Å². The number of nitrogens with one attached hydrogen (secondary N) is 1. The molecule has 0 spiro atoms. The average Bonchev–Trinajstić information content (AvgIpc) is 2.49. The highest BCUT2D eigenvalue weighted by atomic mass is 79.9. The van der Waals surface area contributed by atoms with E-state index in [-0.39, 0.29) is 11.5 Å². The van der Waals surface area contributed by atoms with Crippen LogP contribution in [0.1, 0.15) is 17.3 Å². The molecule has 0 saturated carbocycles. The number of primary amides is 1. The summed E-state index contributed by atoms with van der Waals surface area (Å²) < 4.78 is 6.48. The number of amides is 2. The molecule has 0 aliphatic carbocycles. The first-order valence-electron chi connectivity index (χ1n) is 6.59. The van der Waals surface area contributed by atoms with E-state index < -0.39 is 12.0 Å². The molecule has 0 saturated heterocycles. The molecule has 0 fully saturated rings. The van der Waals surface area contributed by atoms with Gasteiger partial charge in [0.05, 0.1) is 11.3 Å². The van der Waals surface area contributed by atoms with Gasteiger partial charge < -0.3 is 15.8 Å². The van der Waals surface area contributed by atoms with Crippen molar-refractivity contribution in [3.8, 4) is 5.75 Å². The number of hydrogen-bond acceptors (Lipinski definition) is 3. The van der Waals surface area contributed by atoms with E-state index in [0.717, 1.165) is 4.47 Å². The van der Waals surface area contributed by atoms with Crippen molar-refractivity contribution in [3.05, 3.63) is 58.6 Å². The van der Waals surface area contributed by atoms with Crippen LogP contribution in [0.5, 0.6) is 5.75 Å². The lowest BCUT2D eigenvalue weighted by atomic mass is 10.1. The van der Waals surface area contributed by atoms with Crippen LogP contribution < -0.4 is 15.8 Å². The lowest BCUT2D eigenvalue weighted by Gasteiger charge is -2.15. The number of para-hydroxylation sites is 1. The van der Waals surface area contributed by atoms with Crippen molar-refractivity contribution < 1.29 is 14.3 Å². The zero-order chi connectivity index (χ0) is 16.1. The monoisotopic (exact) mass is 362 g/mol. The Hall–Kier alpha value is -2.34. The summed E-state index contributed by atoms with van der Waals surface area (Å²) in [6, 6.07) is 13.7. The van der Waals surface area contributed by atoms with Gasteiger partial charge in [-0.3, -0.25) is 9.59 Å². The molecule has 3 N–H and O–H groups in total. The predicted molar refractivity (Wildman–Crippen MR) is 87.8 cm³/mol. The van der Waals surface area contributed by atoms with E-state index in [1.807, 2.05) is 12.1 Å². The second kappa shape index (κ2) is 7.09. The molecule has 2 rings (SSSR count). The van der Waals surface area contributed by atoms with Crippen LogP contribution in [0.25, 0.3) is 0 Å². The number of hydrogen-bond donors (Lipinski definition) is 2. The van der Waals surface area contributed by atoms with E-state index in [1.165, 1.54) is 0 Å². The van der Waals surface area contributed by atoms with Crippen LogP contribution in [0.15, 0.2) is 53.0 Å². The highest BCUT2D eigenvalue weighted by molar-refractivity contribution is 9.10. The molecular weight excluding hydrogens is 348 g/mol. The van der Waals surface area contributed by atoms with E-state index >= 15 is 0 Å². The Labute approximate surface area is 136 Å². The van der Waals surface area contributed by atoms with Crippen LogP contribution in [0.3, 0.4) is 0 Å². The Morgan fingerprint density at radius 3 is 2.41 bits per heavy atom. The van der Waals surface area contributed by atoms with E-state index in [2.05, 4.69) is 21.2 Å². The number of carbonyl (C=O) groups excluding carboxylic acids is 2. The van der Waals surface area contributed by atoms with Crippen molar-refractivity contribution in [2.75, 3.05) is 5.32 Å². The van der Waals surface area contributed by atoms with Crippen LogP contribution in [-0.2, 0) is 4.79 Å². The Bertz CT molecular complexity index is 686. The molecule has 0 unspecified atom stereocenters. The molecule has 114 valence electrons. The molecule has 2 amide bonds. The molecule has 2 aromatic carbocycles. The molecule has 2 aromatic rings. The van der Waals surface area contributed by atoms with E-state index in [1.54, 1.807) is 43.3 Å². The van der Waals surface area contributed by atoms with E-state index in [0.29, 0.717) is 11.4 Å². The second-order valence-corrected chi connectivity index (χ2v) is 5.53. The normalized spacial score (nSPS) is 11.5. The minimum atomic E-state index is -0.720. The summed E-state index contributed by atoms with van der Waals surface area (Å²) in [5, 5.41) is 2.65. The summed E-state index contributed by atoms with van der Waals surface area (Å²) in [7, 11) is 0. The first-order chi connectivity index (χ1) is 10.5. The van der Waals surface area contributed by atoms with Gasteiger partial charge in [-0.25, -0.2) is 0 Å². The third-order valence-electron chi connectivity index (χ3n) is 2.95. The number of ether oxygens (including phenoxy) is 1. The molecule has 0 aliphatic heterocycles. The quantitative estimate of drug-likeness (QED) is 0.857. The van der Waals surface area contributed by atoms with Crippen molar-refractivity contribution in [3.63, 3.8) is 0 Å². The number of halogens is 1. The van der Waals surface area contributed by atoms with Gasteiger partial charge in [-0.05, 0) is 43.3 Å². The molecule has 1 atom stereocenters. The van der Waals surface area contributed by atoms with Crippen LogP contribution in [0.2, 0.25) is 0 Å². The van der Waals surface area contributed by atoms with Gasteiger partial charge in [-0.15, -0.1) is 0 Å². The molecule has 22 heavy (non-hydrogen) atoms. The van der Waals surface area contributed by atoms with Crippen molar-refractivity contribution in [2.45, 2.75) is 13.0 Å². The standard InChI is InChI=1S/C16H15BrN2O3/c1-10(22-12-8-6-11(17)7-9-12)16(21)19-14-5-3-2-4-13(14)15(18)20/h2-10H,1H3,(H2,18,20)(H,19,21)/t10-/m1/s1. The zero-order valence-electron chi connectivity index (χ0n) is 11.9. The summed E-state index contributed by atoms with van der Waals surface area (Å²) in [6.07, 6.45) is -0.720. The molecule has 0 radical (unpaired) electrons. The minimum absolute atomic E-state index is 0.256. The fourth-order valence-corrected chi connectivity index (χ4v) is 2.08. The maximum atomic E-state index is 12.2. The zero-order valence-corrected chi connectivity index (χ0v) is 13.5. The van der Waals surface area contributed by atoms with Gasteiger partial charge in [0.1, 0.15) is 5.75 Å². The second-order valence-electron chi connectivity index (χ2n) is 4.61. The third-order valence-corrected chi connectivity index (χ3v) is 3.47. The summed E-state index contributed by atoms with van der Waals surface area (Å²) in [5.74, 6) is -0.386. The minimum Gasteiger partial charge on any atom is -0.481 e. The molecule has 0 aliphatic rings. The van der Waals surface area contributed by atoms with E-state index in [9.17, 15) is 9.59 Å². The van der Waals surface area contributed by atoms with Gasteiger partial charge in [0.25, 0.3) is 11.8 Å². The number of nitrogens with two attached hydrogens (primary N) is 1. The summed E-state index contributed by atoms with van der Waals surface area (Å²) in [4.78, 5) is 23.5. The van der Waals surface area contributed by atoms with Gasteiger partial charge in [-0.2, -0.15) is 0 Å². The molecule has 0 heterocycles. The van der Waals surface area contributed by atoms with Crippen molar-refractivity contribution >= 4 is 33.4 Å². The molecule has 0 aromatic heterocycles. The summed E-state index contributed by atoms with van der Waals surface area (Å²) in [5.41, 5.74) is 5.90. The lowest BCUT2D eigenvalue weighted by Crippen LogP contribution is -2.31. The molecule has 6 heteroatoms. The summed E-state index contributed by atoms with van der Waals surface area (Å²) >= 11 is 3.33. The van der Waals surface area contributed by atoms with Gasteiger partial charge >= 0.3 is 0 Å². The number of anilines is 1. The van der Waals surface area contributed by atoms with Crippen molar-refractivity contribution in [1.29, 1.82) is 0 Å². The summed E-state index contributed by atoms with van der Waals surface area (Å²) in [6.45, 7) is 1.63. The number of carbonyl (C=O) groups is 2. The Morgan fingerprint density at radius 1 is 1.14 bits per heavy atom. The van der Waals surface area contributed by atoms with Gasteiger partial charge in [0.2, 0.25) is 0 Å². The average molecular weight is 363 g/mol. The number of benzene rings is 2. The van der Waals surface area contributed by atoms with Gasteiger partial charge in [0.15, 0.2) is 6.10 Å². The topological polar surface area (TPSA) is 81.4 Å². The van der Waals surface area contributed by atoms with Crippen LogP contribution >= 0.6 is 15.9 Å². The fourth-order valence-electron chi connectivity index (χ4n) is 1.81. The maximum absolute atomic E-state index is 12.2. The Kier molecular flexibility index (Phi) is 5.16. The first-order valence-corrected chi connectivity index (χ1v) is 7.38. The lowest BCUT2D eigenvalue weighted by molar-refractivity contribution is -0.122. The van der Waals surface area contributed by atoms with E-state index in [4.69, 9.17) is 10.5 Å².